The fourth-order valence-corrected chi connectivity index (χ4v) is 1.26. The number of carbonyl (C=O) groups is 1. The van der Waals surface area contributed by atoms with E-state index in [-0.39, 0.29) is 16.6 Å². The van der Waals surface area contributed by atoms with Gasteiger partial charge in [-0.25, -0.2) is 0 Å². The molecule has 0 fully saturated rings. The van der Waals surface area contributed by atoms with Gasteiger partial charge in [0.2, 0.25) is 5.70 Å². The van der Waals surface area contributed by atoms with Gasteiger partial charge >= 0.3 is 5.97 Å². The van der Waals surface area contributed by atoms with Gasteiger partial charge in [-0.2, -0.15) is 0 Å². The number of carbonyl (C=O) groups excluding carboxylic acids is 1. The summed E-state index contributed by atoms with van der Waals surface area (Å²) >= 11 is 0. The molecule has 0 atom stereocenters. The van der Waals surface area contributed by atoms with Crippen LogP contribution in [0.5, 0.6) is 0 Å². The van der Waals surface area contributed by atoms with Crippen molar-refractivity contribution >= 4 is 5.97 Å². The Morgan fingerprint density at radius 3 is 2.50 bits per heavy atom. The van der Waals surface area contributed by atoms with E-state index in [1.165, 1.54) is 7.11 Å². The highest BCUT2D eigenvalue weighted by Crippen LogP contribution is 2.11. The number of hydrogen-bond donors (Lipinski definition) is 0. The zero-order valence-corrected chi connectivity index (χ0v) is 9.90. The molecule has 0 heterocycles. The zero-order valence-electron chi connectivity index (χ0n) is 9.90. The van der Waals surface area contributed by atoms with Crippen molar-refractivity contribution in [2.24, 2.45) is 0 Å². The molecule has 0 aliphatic heterocycles. The number of nitro groups is 1. The molecular weight excluding hydrogens is 210 g/mol. The van der Waals surface area contributed by atoms with Gasteiger partial charge in [0.15, 0.2) is 0 Å². The van der Waals surface area contributed by atoms with Crippen LogP contribution in [0.4, 0.5) is 0 Å². The third-order valence-corrected chi connectivity index (χ3v) is 2.19. The average molecular weight is 229 g/mol. The third-order valence-electron chi connectivity index (χ3n) is 2.19. The summed E-state index contributed by atoms with van der Waals surface area (Å²) in [5.41, 5.74) is 0.256. The van der Waals surface area contributed by atoms with Gasteiger partial charge in [-0.3, -0.25) is 14.9 Å². The molecule has 0 N–H and O–H groups in total. The van der Waals surface area contributed by atoms with Crippen molar-refractivity contribution in [1.82, 2.24) is 0 Å². The van der Waals surface area contributed by atoms with Crippen LogP contribution in [0.2, 0.25) is 0 Å². The predicted molar refractivity (Wildman–Crippen MR) is 60.5 cm³/mol. The number of allylic oxidation sites excluding steroid dienone is 2. The van der Waals surface area contributed by atoms with Gasteiger partial charge in [0.05, 0.1) is 12.0 Å². The summed E-state index contributed by atoms with van der Waals surface area (Å²) < 4.78 is 4.48. The molecule has 0 saturated heterocycles. The largest absolute Gasteiger partial charge is 0.469 e. The Balaban J connectivity index is 3.86. The third kappa shape index (κ3) is 6.98. The normalized spacial score (nSPS) is 11.2. The minimum absolute atomic E-state index is 0.256. The highest BCUT2D eigenvalue weighted by atomic mass is 16.6. The van der Waals surface area contributed by atoms with Crippen LogP contribution in [0.25, 0.3) is 0 Å². The second kappa shape index (κ2) is 8.88. The minimum Gasteiger partial charge on any atom is -0.469 e. The van der Waals surface area contributed by atoms with E-state index in [4.69, 9.17) is 0 Å². The van der Waals surface area contributed by atoms with E-state index in [1.54, 1.807) is 6.08 Å². The maximum atomic E-state index is 10.8. The summed E-state index contributed by atoms with van der Waals surface area (Å²) in [6.45, 7) is 1.98. The Hall–Kier alpha value is -1.39. The summed E-state index contributed by atoms with van der Waals surface area (Å²) in [6.07, 6.45) is 5.32. The van der Waals surface area contributed by atoms with E-state index in [1.807, 2.05) is 6.92 Å². The molecule has 0 spiro atoms. The molecule has 16 heavy (non-hydrogen) atoms. The molecule has 5 heteroatoms. The summed E-state index contributed by atoms with van der Waals surface area (Å²) in [6, 6.07) is 0. The second-order valence-corrected chi connectivity index (χ2v) is 3.52. The fraction of sp³-hybridized carbons (Fsp3) is 0.727. The van der Waals surface area contributed by atoms with Crippen LogP contribution < -0.4 is 0 Å². The van der Waals surface area contributed by atoms with E-state index in [2.05, 4.69) is 4.74 Å². The van der Waals surface area contributed by atoms with Crippen molar-refractivity contribution in [3.63, 3.8) is 0 Å². The van der Waals surface area contributed by atoms with Gasteiger partial charge < -0.3 is 4.74 Å². The molecule has 0 unspecified atom stereocenters. The zero-order chi connectivity index (χ0) is 12.4. The van der Waals surface area contributed by atoms with Gasteiger partial charge in [-0.05, 0) is 25.3 Å². The number of rotatable bonds is 8. The Labute approximate surface area is 95.6 Å². The molecule has 0 rings (SSSR count). The highest BCUT2D eigenvalue weighted by Gasteiger charge is 2.09. The SMILES string of the molecule is CCC/C=C(/CCCCC(=O)OC)[N+](=O)[O-]. The fourth-order valence-electron chi connectivity index (χ4n) is 1.26. The first-order valence-electron chi connectivity index (χ1n) is 5.52. The number of methoxy groups -OCH3 is 1. The Morgan fingerprint density at radius 2 is 2.00 bits per heavy atom. The quantitative estimate of drug-likeness (QED) is 0.278. The number of nitrogens with zero attached hydrogens (tertiary/aromatic N) is 1. The molecule has 0 saturated carbocycles. The number of esters is 1. The van der Waals surface area contributed by atoms with Gasteiger partial charge in [-0.15, -0.1) is 0 Å². The summed E-state index contributed by atoms with van der Waals surface area (Å²) in [4.78, 5) is 21.1. The van der Waals surface area contributed by atoms with E-state index in [0.717, 1.165) is 12.8 Å². The topological polar surface area (TPSA) is 69.4 Å². The average Bonchev–Trinajstić information content (AvgIpc) is 2.27. The van der Waals surface area contributed by atoms with Crippen molar-refractivity contribution < 1.29 is 14.5 Å². The van der Waals surface area contributed by atoms with E-state index in [9.17, 15) is 14.9 Å². The smallest absolute Gasteiger partial charge is 0.305 e. The van der Waals surface area contributed by atoms with Crippen molar-refractivity contribution in [3.8, 4) is 0 Å². The molecule has 0 aliphatic rings. The van der Waals surface area contributed by atoms with Crippen molar-refractivity contribution in [2.45, 2.75) is 45.4 Å². The number of ether oxygens (including phenoxy) is 1. The van der Waals surface area contributed by atoms with Crippen LogP contribution in [0.15, 0.2) is 11.8 Å². The Kier molecular flexibility index (Phi) is 8.11. The Morgan fingerprint density at radius 1 is 1.38 bits per heavy atom. The molecule has 0 bridgehead atoms. The van der Waals surface area contributed by atoms with E-state index >= 15 is 0 Å². The van der Waals surface area contributed by atoms with Crippen molar-refractivity contribution in [2.75, 3.05) is 7.11 Å². The first-order chi connectivity index (χ1) is 7.61. The summed E-state index contributed by atoms with van der Waals surface area (Å²) in [7, 11) is 1.34. The van der Waals surface area contributed by atoms with Gasteiger partial charge in [0.25, 0.3) is 0 Å². The van der Waals surface area contributed by atoms with Crippen LogP contribution in [-0.4, -0.2) is 18.0 Å². The molecule has 92 valence electrons. The van der Waals surface area contributed by atoms with Crippen LogP contribution >= 0.6 is 0 Å². The van der Waals surface area contributed by atoms with Crippen LogP contribution in [0.3, 0.4) is 0 Å². The number of unbranched alkanes of at least 4 members (excludes halogenated alkanes) is 2. The molecular formula is C11H19NO4. The van der Waals surface area contributed by atoms with Gasteiger partial charge in [0.1, 0.15) is 0 Å². The maximum Gasteiger partial charge on any atom is 0.305 e. The first kappa shape index (κ1) is 14.6. The molecule has 5 nitrogen and oxygen atoms in total. The summed E-state index contributed by atoms with van der Waals surface area (Å²) in [5.74, 6) is -0.264. The molecule has 0 aromatic carbocycles. The molecule has 0 amide bonds. The molecule has 0 aromatic heterocycles. The van der Waals surface area contributed by atoms with Crippen LogP contribution in [0.1, 0.15) is 45.4 Å². The lowest BCUT2D eigenvalue weighted by Gasteiger charge is -1.99. The van der Waals surface area contributed by atoms with Gasteiger partial charge in [0, 0.05) is 12.8 Å². The lowest BCUT2D eigenvalue weighted by Crippen LogP contribution is -2.02. The van der Waals surface area contributed by atoms with Gasteiger partial charge in [-0.1, -0.05) is 13.3 Å². The highest BCUT2D eigenvalue weighted by molar-refractivity contribution is 5.68. The first-order valence-corrected chi connectivity index (χ1v) is 5.52. The maximum absolute atomic E-state index is 10.8. The Bertz CT molecular complexity index is 261. The second-order valence-electron chi connectivity index (χ2n) is 3.52. The predicted octanol–water partition coefficient (Wildman–Crippen LogP) is 2.68. The minimum atomic E-state index is -0.339. The van der Waals surface area contributed by atoms with E-state index in [0.29, 0.717) is 25.7 Å². The molecule has 0 aromatic rings. The molecule has 0 aliphatic carbocycles. The number of hydrogen-bond acceptors (Lipinski definition) is 4. The van der Waals surface area contributed by atoms with Crippen molar-refractivity contribution in [3.05, 3.63) is 21.9 Å². The van der Waals surface area contributed by atoms with Crippen LogP contribution in [-0.2, 0) is 9.53 Å². The summed E-state index contributed by atoms with van der Waals surface area (Å²) in [5, 5.41) is 10.6. The molecule has 0 radical (unpaired) electrons. The standard InChI is InChI=1S/C11H19NO4/c1-3-4-7-10(12(14)15)8-5-6-9-11(13)16-2/h7H,3-6,8-9H2,1-2H3/b10-7-. The van der Waals surface area contributed by atoms with E-state index < -0.39 is 0 Å². The lowest BCUT2D eigenvalue weighted by molar-refractivity contribution is -0.428. The lowest BCUT2D eigenvalue weighted by atomic mass is 10.1. The van der Waals surface area contributed by atoms with Crippen molar-refractivity contribution in [1.29, 1.82) is 0 Å². The monoisotopic (exact) mass is 229 g/mol. The van der Waals surface area contributed by atoms with Crippen LogP contribution in [0, 0.1) is 10.1 Å².